The Balaban J connectivity index is 1.98. The summed E-state index contributed by atoms with van der Waals surface area (Å²) in [5.74, 6) is -1.86. The summed E-state index contributed by atoms with van der Waals surface area (Å²) in [4.78, 5) is 19.3. The van der Waals surface area contributed by atoms with Gasteiger partial charge in [-0.2, -0.15) is 0 Å². The van der Waals surface area contributed by atoms with E-state index in [0.717, 1.165) is 30.2 Å². The minimum atomic E-state index is -0.898. The monoisotopic (exact) mass is 394 g/mol. The summed E-state index contributed by atoms with van der Waals surface area (Å²) in [6, 6.07) is 9.48. The molecule has 1 aromatic heterocycles. The topological polar surface area (TPSA) is 81.0 Å². The van der Waals surface area contributed by atoms with Crippen molar-refractivity contribution in [1.29, 1.82) is 0 Å². The van der Waals surface area contributed by atoms with E-state index < -0.39 is 22.2 Å². The van der Waals surface area contributed by atoms with Crippen LogP contribution in [0.4, 0.5) is 26.0 Å². The van der Waals surface area contributed by atoms with E-state index in [2.05, 4.69) is 15.3 Å². The molecule has 0 saturated heterocycles. The quantitative estimate of drug-likeness (QED) is 0.363. The van der Waals surface area contributed by atoms with E-state index in [-0.39, 0.29) is 16.5 Å². The van der Waals surface area contributed by atoms with Gasteiger partial charge in [0.1, 0.15) is 18.0 Å². The number of rotatable bonds is 5. The number of benzene rings is 2. The fourth-order valence-electron chi connectivity index (χ4n) is 2.03. The Morgan fingerprint density at radius 1 is 1.12 bits per heavy atom. The average Bonchev–Trinajstić information content (AvgIpc) is 2.59. The smallest absolute Gasteiger partial charge is 0.332 e. The molecule has 2 aromatic carbocycles. The molecule has 0 radical (unpaired) electrons. The van der Waals surface area contributed by atoms with E-state index in [9.17, 15) is 18.9 Å². The number of nitro groups is 1. The molecule has 1 N–H and O–H groups in total. The van der Waals surface area contributed by atoms with E-state index in [4.69, 9.17) is 11.6 Å². The zero-order chi connectivity index (χ0) is 18.7. The van der Waals surface area contributed by atoms with Crippen LogP contribution in [0, 0.1) is 21.7 Å². The van der Waals surface area contributed by atoms with Crippen LogP contribution in [0.3, 0.4) is 0 Å². The summed E-state index contributed by atoms with van der Waals surface area (Å²) in [7, 11) is 0. The molecule has 6 nitrogen and oxygen atoms in total. The molecule has 0 saturated carbocycles. The maximum atomic E-state index is 13.8. The number of hydrogen-bond acceptors (Lipinski definition) is 6. The van der Waals surface area contributed by atoms with Gasteiger partial charge >= 0.3 is 5.69 Å². The van der Waals surface area contributed by atoms with Gasteiger partial charge in [0.05, 0.1) is 10.6 Å². The second-order valence-electron chi connectivity index (χ2n) is 4.94. The molecule has 26 heavy (non-hydrogen) atoms. The number of nitrogens with zero attached hydrogens (tertiary/aromatic N) is 3. The Morgan fingerprint density at radius 3 is 2.50 bits per heavy atom. The van der Waals surface area contributed by atoms with Crippen molar-refractivity contribution in [3.63, 3.8) is 0 Å². The third-order valence-electron chi connectivity index (χ3n) is 3.18. The van der Waals surface area contributed by atoms with Crippen LogP contribution in [0.2, 0.25) is 5.02 Å². The molecule has 0 atom stereocenters. The van der Waals surface area contributed by atoms with Crippen LogP contribution in [0.1, 0.15) is 0 Å². The maximum absolute atomic E-state index is 13.8. The molecule has 0 aliphatic rings. The predicted molar refractivity (Wildman–Crippen MR) is 93.9 cm³/mol. The summed E-state index contributed by atoms with van der Waals surface area (Å²) in [5, 5.41) is 14.6. The SMILES string of the molecule is O=[N+]([O-])c1c(Nc2ccc(F)cc2F)ncnc1Sc1ccc(Cl)cc1. The van der Waals surface area contributed by atoms with Crippen LogP contribution in [-0.2, 0) is 0 Å². The van der Waals surface area contributed by atoms with Crippen molar-refractivity contribution < 1.29 is 13.7 Å². The molecule has 0 unspecified atom stereocenters. The summed E-state index contributed by atoms with van der Waals surface area (Å²) < 4.78 is 26.8. The maximum Gasteiger partial charge on any atom is 0.343 e. The zero-order valence-corrected chi connectivity index (χ0v) is 14.4. The van der Waals surface area contributed by atoms with E-state index >= 15 is 0 Å². The van der Waals surface area contributed by atoms with Gasteiger partial charge in [0.15, 0.2) is 5.03 Å². The first-order chi connectivity index (χ1) is 12.4. The molecular formula is C16H9ClF2N4O2S. The fourth-order valence-corrected chi connectivity index (χ4v) is 3.02. The highest BCUT2D eigenvalue weighted by Crippen LogP contribution is 2.38. The van der Waals surface area contributed by atoms with Crippen molar-refractivity contribution in [3.8, 4) is 0 Å². The highest BCUT2D eigenvalue weighted by Gasteiger charge is 2.24. The molecule has 10 heteroatoms. The van der Waals surface area contributed by atoms with E-state index in [1.807, 2.05) is 0 Å². The Bertz CT molecular complexity index is 973. The highest BCUT2D eigenvalue weighted by atomic mass is 35.5. The Hall–Kier alpha value is -2.78. The molecule has 0 spiro atoms. The number of aromatic nitrogens is 2. The van der Waals surface area contributed by atoms with Crippen LogP contribution >= 0.6 is 23.4 Å². The third-order valence-corrected chi connectivity index (χ3v) is 4.44. The summed E-state index contributed by atoms with van der Waals surface area (Å²) in [6.45, 7) is 0. The van der Waals surface area contributed by atoms with Crippen molar-refractivity contribution in [1.82, 2.24) is 9.97 Å². The second-order valence-corrected chi connectivity index (χ2v) is 6.44. The van der Waals surface area contributed by atoms with Crippen molar-refractivity contribution in [3.05, 3.63) is 75.6 Å². The summed E-state index contributed by atoms with van der Waals surface area (Å²) in [5.41, 5.74) is -0.563. The molecule has 3 rings (SSSR count). The molecule has 0 bridgehead atoms. The number of hydrogen-bond donors (Lipinski definition) is 1. The Morgan fingerprint density at radius 2 is 1.85 bits per heavy atom. The van der Waals surface area contributed by atoms with Crippen molar-refractivity contribution in [2.45, 2.75) is 9.92 Å². The van der Waals surface area contributed by atoms with E-state index in [0.29, 0.717) is 16.0 Å². The third kappa shape index (κ3) is 4.06. The lowest BCUT2D eigenvalue weighted by Crippen LogP contribution is -2.04. The van der Waals surface area contributed by atoms with Gasteiger partial charge in [-0.3, -0.25) is 10.1 Å². The number of anilines is 2. The minimum absolute atomic E-state index is 0.0670. The predicted octanol–water partition coefficient (Wildman–Crippen LogP) is 5.21. The van der Waals surface area contributed by atoms with Gasteiger partial charge in [-0.1, -0.05) is 23.4 Å². The first-order valence-electron chi connectivity index (χ1n) is 7.09. The molecule has 0 aliphatic heterocycles. The van der Waals surface area contributed by atoms with Crippen LogP contribution in [0.5, 0.6) is 0 Å². The zero-order valence-electron chi connectivity index (χ0n) is 12.8. The van der Waals surface area contributed by atoms with Gasteiger partial charge in [0, 0.05) is 16.0 Å². The second kappa shape index (κ2) is 7.63. The summed E-state index contributed by atoms with van der Waals surface area (Å²) >= 11 is 6.86. The number of halogens is 3. The highest BCUT2D eigenvalue weighted by molar-refractivity contribution is 7.99. The van der Waals surface area contributed by atoms with Crippen LogP contribution < -0.4 is 5.32 Å². The van der Waals surface area contributed by atoms with Gasteiger partial charge in [-0.05, 0) is 36.4 Å². The van der Waals surface area contributed by atoms with Crippen molar-refractivity contribution in [2.75, 3.05) is 5.32 Å². The van der Waals surface area contributed by atoms with Crippen LogP contribution in [-0.4, -0.2) is 14.9 Å². The van der Waals surface area contributed by atoms with Crippen molar-refractivity contribution >= 4 is 40.6 Å². The van der Waals surface area contributed by atoms with Gasteiger partial charge in [-0.25, -0.2) is 18.7 Å². The fraction of sp³-hybridized carbons (Fsp3) is 0. The lowest BCUT2D eigenvalue weighted by Gasteiger charge is -2.09. The molecule has 0 fully saturated rings. The van der Waals surface area contributed by atoms with Gasteiger partial charge in [0.25, 0.3) is 0 Å². The molecule has 0 amide bonds. The molecular weight excluding hydrogens is 386 g/mol. The Labute approximate surface area is 155 Å². The normalized spacial score (nSPS) is 10.6. The first-order valence-corrected chi connectivity index (χ1v) is 8.28. The average molecular weight is 395 g/mol. The Kier molecular flexibility index (Phi) is 5.29. The first kappa shape index (κ1) is 18.0. The lowest BCUT2D eigenvalue weighted by atomic mass is 10.3. The number of nitrogens with one attached hydrogen (secondary N) is 1. The van der Waals surface area contributed by atoms with Gasteiger partial charge in [-0.15, -0.1) is 0 Å². The lowest BCUT2D eigenvalue weighted by molar-refractivity contribution is -0.387. The molecule has 132 valence electrons. The van der Waals surface area contributed by atoms with Gasteiger partial charge < -0.3 is 5.32 Å². The van der Waals surface area contributed by atoms with E-state index in [1.54, 1.807) is 24.3 Å². The molecule has 1 heterocycles. The molecule has 3 aromatic rings. The largest absolute Gasteiger partial charge is 0.343 e. The summed E-state index contributed by atoms with van der Waals surface area (Å²) in [6.07, 6.45) is 1.12. The van der Waals surface area contributed by atoms with Crippen LogP contribution in [0.25, 0.3) is 0 Å². The van der Waals surface area contributed by atoms with E-state index in [1.165, 1.54) is 0 Å². The van der Waals surface area contributed by atoms with Crippen molar-refractivity contribution in [2.24, 2.45) is 0 Å². The minimum Gasteiger partial charge on any atom is -0.332 e. The standard InChI is InChI=1S/C16H9ClF2N4O2S/c17-9-1-4-11(5-2-9)26-16-14(23(24)25)15(20-8-21-16)22-13-6-3-10(18)7-12(13)19/h1-8H,(H,20,21,22). The molecule has 0 aliphatic carbocycles. The van der Waals surface area contributed by atoms with Gasteiger partial charge in [0.2, 0.25) is 5.82 Å². The van der Waals surface area contributed by atoms with Crippen LogP contribution in [0.15, 0.2) is 58.7 Å².